The molecule has 0 bridgehead atoms. The molecule has 1 amide bonds. The molecule has 0 saturated heterocycles. The number of hydrogen-bond donors (Lipinski definition) is 2. The van der Waals surface area contributed by atoms with E-state index in [4.69, 9.17) is 9.47 Å². The summed E-state index contributed by atoms with van der Waals surface area (Å²) in [7, 11) is -4.00. The Hall–Kier alpha value is -3.69. The number of benzene rings is 3. The molecule has 0 unspecified atom stereocenters. The van der Waals surface area contributed by atoms with Crippen molar-refractivity contribution in [1.82, 2.24) is 4.72 Å². The van der Waals surface area contributed by atoms with Crippen molar-refractivity contribution in [3.63, 3.8) is 0 Å². The smallest absolute Gasteiger partial charge is 0.338 e. The summed E-state index contributed by atoms with van der Waals surface area (Å²) in [6.45, 7) is 4.27. The molecule has 0 aliphatic heterocycles. The molecule has 0 radical (unpaired) electrons. The average Bonchev–Trinajstić information content (AvgIpc) is 2.85. The number of rotatable bonds is 11. The maximum absolute atomic E-state index is 13.1. The van der Waals surface area contributed by atoms with Crippen LogP contribution in [0.15, 0.2) is 83.8 Å². The van der Waals surface area contributed by atoms with Crippen molar-refractivity contribution >= 4 is 27.6 Å². The van der Waals surface area contributed by atoms with E-state index < -0.39 is 27.9 Å². The minimum atomic E-state index is -4.00. The molecular formula is C26H28N2O6S. The molecule has 184 valence electrons. The number of anilines is 1. The zero-order valence-corrected chi connectivity index (χ0v) is 20.4. The number of carbonyl (C=O) groups excluding carboxylic acids is 2. The van der Waals surface area contributed by atoms with Crippen LogP contribution in [0.1, 0.15) is 29.8 Å². The van der Waals surface area contributed by atoms with Crippen molar-refractivity contribution in [2.24, 2.45) is 0 Å². The monoisotopic (exact) mass is 496 g/mol. The van der Waals surface area contributed by atoms with Crippen LogP contribution in [-0.4, -0.2) is 39.5 Å². The summed E-state index contributed by atoms with van der Waals surface area (Å²) < 4.78 is 39.0. The van der Waals surface area contributed by atoms with Crippen LogP contribution >= 0.6 is 0 Å². The number of hydrogen-bond acceptors (Lipinski definition) is 6. The fourth-order valence-electron chi connectivity index (χ4n) is 3.31. The number of esters is 1. The highest BCUT2D eigenvalue weighted by molar-refractivity contribution is 7.89. The topological polar surface area (TPSA) is 111 Å². The van der Waals surface area contributed by atoms with Gasteiger partial charge < -0.3 is 14.8 Å². The average molecular weight is 497 g/mol. The fraction of sp³-hybridized carbons (Fsp3) is 0.231. The van der Waals surface area contributed by atoms with Gasteiger partial charge in [0, 0.05) is 5.69 Å². The molecule has 0 heterocycles. The van der Waals surface area contributed by atoms with E-state index in [1.54, 1.807) is 31.2 Å². The molecule has 9 heteroatoms. The Morgan fingerprint density at radius 2 is 1.51 bits per heavy atom. The van der Waals surface area contributed by atoms with Gasteiger partial charge in [0.05, 0.1) is 23.7 Å². The predicted molar refractivity (Wildman–Crippen MR) is 133 cm³/mol. The second-order valence-corrected chi connectivity index (χ2v) is 9.27. The lowest BCUT2D eigenvalue weighted by Gasteiger charge is -2.19. The van der Waals surface area contributed by atoms with Gasteiger partial charge in [-0.3, -0.25) is 4.79 Å². The molecule has 1 atom stereocenters. The Bertz CT molecular complexity index is 1230. The SMILES string of the molecule is CCOC(=O)c1ccc(NC(=O)[C@@H](Cc2ccccc2)NS(=O)(=O)c2ccc(OCC)cc2)cc1. The van der Waals surface area contributed by atoms with E-state index in [9.17, 15) is 18.0 Å². The minimum Gasteiger partial charge on any atom is -0.494 e. The zero-order chi connectivity index (χ0) is 25.3. The molecular weight excluding hydrogens is 468 g/mol. The third-order valence-electron chi connectivity index (χ3n) is 5.01. The number of sulfonamides is 1. The number of amides is 1. The number of ether oxygens (including phenoxy) is 2. The van der Waals surface area contributed by atoms with Gasteiger partial charge in [-0.05, 0) is 74.4 Å². The van der Waals surface area contributed by atoms with Crippen LogP contribution in [0.2, 0.25) is 0 Å². The lowest BCUT2D eigenvalue weighted by molar-refractivity contribution is -0.117. The molecule has 3 aromatic carbocycles. The first-order valence-electron chi connectivity index (χ1n) is 11.2. The van der Waals surface area contributed by atoms with Crippen LogP contribution in [0.4, 0.5) is 5.69 Å². The second-order valence-electron chi connectivity index (χ2n) is 7.56. The Kier molecular flexibility index (Phi) is 8.99. The summed E-state index contributed by atoms with van der Waals surface area (Å²) >= 11 is 0. The summed E-state index contributed by atoms with van der Waals surface area (Å²) in [5.74, 6) is -0.445. The molecule has 0 saturated carbocycles. The van der Waals surface area contributed by atoms with Gasteiger partial charge in [-0.2, -0.15) is 4.72 Å². The largest absolute Gasteiger partial charge is 0.494 e. The Morgan fingerprint density at radius 1 is 0.857 bits per heavy atom. The van der Waals surface area contributed by atoms with Crippen molar-refractivity contribution in [3.05, 3.63) is 90.0 Å². The standard InChI is InChI=1S/C26H28N2O6S/c1-3-33-22-14-16-23(17-15-22)35(31,32)28-24(18-19-8-6-5-7-9-19)25(29)27-21-12-10-20(11-13-21)26(30)34-4-2/h5-17,24,28H,3-4,18H2,1-2H3,(H,27,29)/t24-/m1/s1. The highest BCUT2D eigenvalue weighted by atomic mass is 32.2. The molecule has 0 aromatic heterocycles. The minimum absolute atomic E-state index is 0.0191. The van der Waals surface area contributed by atoms with Gasteiger partial charge in [-0.1, -0.05) is 30.3 Å². The van der Waals surface area contributed by atoms with Crippen LogP contribution in [0.25, 0.3) is 0 Å². The maximum atomic E-state index is 13.1. The molecule has 35 heavy (non-hydrogen) atoms. The van der Waals surface area contributed by atoms with Crippen molar-refractivity contribution in [1.29, 1.82) is 0 Å². The van der Waals surface area contributed by atoms with Crippen LogP contribution in [0, 0.1) is 0 Å². The molecule has 0 aliphatic rings. The van der Waals surface area contributed by atoms with Crippen LogP contribution in [0.5, 0.6) is 5.75 Å². The van der Waals surface area contributed by atoms with Gasteiger partial charge >= 0.3 is 5.97 Å². The van der Waals surface area contributed by atoms with Crippen molar-refractivity contribution in [2.75, 3.05) is 18.5 Å². The molecule has 2 N–H and O–H groups in total. The summed E-state index contributed by atoms with van der Waals surface area (Å²) in [6.07, 6.45) is 0.143. The van der Waals surface area contributed by atoms with Crippen molar-refractivity contribution in [3.8, 4) is 5.75 Å². The molecule has 3 rings (SSSR count). The van der Waals surface area contributed by atoms with Gasteiger partial charge in [-0.25, -0.2) is 13.2 Å². The van der Waals surface area contributed by atoms with E-state index in [-0.39, 0.29) is 17.9 Å². The van der Waals surface area contributed by atoms with E-state index in [0.717, 1.165) is 5.56 Å². The van der Waals surface area contributed by atoms with E-state index in [0.29, 0.717) is 23.6 Å². The predicted octanol–water partition coefficient (Wildman–Crippen LogP) is 3.79. The molecule has 0 spiro atoms. The third kappa shape index (κ3) is 7.40. The highest BCUT2D eigenvalue weighted by Gasteiger charge is 2.26. The van der Waals surface area contributed by atoms with Crippen LogP contribution < -0.4 is 14.8 Å². The van der Waals surface area contributed by atoms with Gasteiger partial charge in [0.15, 0.2) is 0 Å². The van der Waals surface area contributed by atoms with Gasteiger partial charge in [-0.15, -0.1) is 0 Å². The first-order chi connectivity index (χ1) is 16.8. The Labute approximate surface area is 205 Å². The third-order valence-corrected chi connectivity index (χ3v) is 6.49. The van der Waals surface area contributed by atoms with Crippen LogP contribution in [0.3, 0.4) is 0 Å². The van der Waals surface area contributed by atoms with Gasteiger partial charge in [0.25, 0.3) is 0 Å². The molecule has 8 nitrogen and oxygen atoms in total. The zero-order valence-electron chi connectivity index (χ0n) is 19.6. The summed E-state index contributed by atoms with van der Waals surface area (Å²) in [5.41, 5.74) is 1.56. The van der Waals surface area contributed by atoms with E-state index in [1.165, 1.54) is 24.3 Å². The lowest BCUT2D eigenvalue weighted by Crippen LogP contribution is -2.45. The lowest BCUT2D eigenvalue weighted by atomic mass is 10.1. The molecule has 0 aliphatic carbocycles. The molecule has 0 fully saturated rings. The quantitative estimate of drug-likeness (QED) is 0.391. The fourth-order valence-corrected chi connectivity index (χ4v) is 4.50. The summed E-state index contributed by atoms with van der Waals surface area (Å²) in [5, 5.41) is 2.72. The van der Waals surface area contributed by atoms with Gasteiger partial charge in [0.2, 0.25) is 15.9 Å². The maximum Gasteiger partial charge on any atom is 0.338 e. The first-order valence-corrected chi connectivity index (χ1v) is 12.7. The first kappa shape index (κ1) is 25.9. The summed E-state index contributed by atoms with van der Waals surface area (Å²) in [4.78, 5) is 25.0. The second kappa shape index (κ2) is 12.1. The van der Waals surface area contributed by atoms with Gasteiger partial charge in [0.1, 0.15) is 11.8 Å². The van der Waals surface area contributed by atoms with Crippen LogP contribution in [-0.2, 0) is 26.0 Å². The highest BCUT2D eigenvalue weighted by Crippen LogP contribution is 2.18. The van der Waals surface area contributed by atoms with Crippen molar-refractivity contribution in [2.45, 2.75) is 31.2 Å². The molecule has 3 aromatic rings. The van der Waals surface area contributed by atoms with E-state index in [1.807, 2.05) is 37.3 Å². The normalized spacial score (nSPS) is 11.9. The summed E-state index contributed by atoms with van der Waals surface area (Å²) in [6, 6.07) is 20.2. The van der Waals surface area contributed by atoms with Crippen molar-refractivity contribution < 1.29 is 27.5 Å². The van der Waals surface area contributed by atoms with E-state index in [2.05, 4.69) is 10.0 Å². The number of carbonyl (C=O) groups is 2. The Morgan fingerprint density at radius 3 is 2.11 bits per heavy atom. The van der Waals surface area contributed by atoms with E-state index >= 15 is 0 Å². The number of nitrogens with one attached hydrogen (secondary N) is 2. The Balaban J connectivity index is 1.79.